The van der Waals surface area contributed by atoms with E-state index in [4.69, 9.17) is 9.72 Å². The van der Waals surface area contributed by atoms with Crippen molar-refractivity contribution in [1.29, 1.82) is 0 Å². The molecule has 0 aliphatic heterocycles. The number of alkyl halides is 3. The Bertz CT molecular complexity index is 1330. The van der Waals surface area contributed by atoms with Crippen LogP contribution >= 0.6 is 0 Å². The zero-order valence-electron chi connectivity index (χ0n) is 22.9. The lowest BCUT2D eigenvalue weighted by Crippen LogP contribution is -2.49. The molecule has 0 radical (unpaired) electrons. The first kappa shape index (κ1) is 29.3. The maximum Gasteiger partial charge on any atom is 0.419 e. The first-order valence-electron chi connectivity index (χ1n) is 13.1. The van der Waals surface area contributed by atoms with Crippen molar-refractivity contribution in [1.82, 2.24) is 25.6 Å². The molecule has 40 heavy (non-hydrogen) atoms. The molecule has 1 saturated carbocycles. The van der Waals surface area contributed by atoms with Crippen LogP contribution in [0.25, 0.3) is 0 Å². The number of ether oxygens (including phenoxy) is 1. The van der Waals surface area contributed by atoms with Crippen LogP contribution in [-0.4, -0.2) is 33.8 Å². The van der Waals surface area contributed by atoms with Gasteiger partial charge in [-0.2, -0.15) is 18.3 Å². The van der Waals surface area contributed by atoms with Crippen LogP contribution in [0.5, 0.6) is 5.75 Å². The maximum absolute atomic E-state index is 14.5. The van der Waals surface area contributed by atoms with E-state index < -0.39 is 34.8 Å². The third kappa shape index (κ3) is 6.55. The molecule has 12 heteroatoms. The Balaban J connectivity index is 1.50. The van der Waals surface area contributed by atoms with Gasteiger partial charge in [-0.1, -0.05) is 12.1 Å². The van der Waals surface area contributed by atoms with E-state index >= 15 is 0 Å². The lowest BCUT2D eigenvalue weighted by atomic mass is 9.69. The first-order chi connectivity index (χ1) is 18.8. The normalized spacial score (nSPS) is 19.8. The zero-order valence-corrected chi connectivity index (χ0v) is 22.9. The first-order valence-corrected chi connectivity index (χ1v) is 13.1. The Morgan fingerprint density at radius 3 is 2.45 bits per heavy atom. The molecule has 0 atom stereocenters. The number of hydrogen-bond donors (Lipinski definition) is 3. The lowest BCUT2D eigenvalue weighted by Gasteiger charge is -2.38. The van der Waals surface area contributed by atoms with E-state index in [1.54, 1.807) is 13.2 Å². The lowest BCUT2D eigenvalue weighted by molar-refractivity contribution is -0.140. The third-order valence-corrected chi connectivity index (χ3v) is 7.03. The average molecular weight is 563 g/mol. The number of nitrogens with one attached hydrogen (secondary N) is 3. The van der Waals surface area contributed by atoms with Crippen molar-refractivity contribution in [2.75, 3.05) is 12.4 Å². The number of anilines is 2. The monoisotopic (exact) mass is 562 g/mol. The number of amides is 1. The number of aromatic nitrogens is 3. The second kappa shape index (κ2) is 11.4. The molecule has 1 aromatic carbocycles. The largest absolute Gasteiger partial charge is 0.487 e. The Hall–Kier alpha value is -3.67. The summed E-state index contributed by atoms with van der Waals surface area (Å²) in [7, 11) is 1.60. The van der Waals surface area contributed by atoms with Gasteiger partial charge in [-0.25, -0.2) is 19.5 Å². The third-order valence-electron chi connectivity index (χ3n) is 7.03. The van der Waals surface area contributed by atoms with Crippen molar-refractivity contribution >= 4 is 17.5 Å². The second-order valence-corrected chi connectivity index (χ2v) is 11.0. The van der Waals surface area contributed by atoms with Crippen molar-refractivity contribution in [2.24, 2.45) is 5.41 Å². The van der Waals surface area contributed by atoms with Crippen LogP contribution in [0, 0.1) is 11.2 Å². The molecule has 1 aliphatic carbocycles. The smallest absolute Gasteiger partial charge is 0.419 e. The number of nitrogens with zero attached hydrogens (tertiary/aromatic N) is 3. The summed E-state index contributed by atoms with van der Waals surface area (Å²) in [5.41, 5.74) is 3.62. The fourth-order valence-corrected chi connectivity index (χ4v) is 5.05. The number of hydrogen-bond acceptors (Lipinski definition) is 6. The minimum atomic E-state index is -4.82. The molecule has 1 aliphatic rings. The number of hydrazine groups is 1. The summed E-state index contributed by atoms with van der Waals surface area (Å²) in [4.78, 5) is 18.0. The minimum Gasteiger partial charge on any atom is -0.487 e. The molecule has 8 nitrogen and oxygen atoms in total. The van der Waals surface area contributed by atoms with Gasteiger partial charge in [0.05, 0.1) is 28.8 Å². The summed E-state index contributed by atoms with van der Waals surface area (Å²) < 4.78 is 61.4. The molecule has 1 fully saturated rings. The summed E-state index contributed by atoms with van der Waals surface area (Å²) in [6.07, 6.45) is -1.85. The Kier molecular flexibility index (Phi) is 8.38. The molecule has 216 valence electrons. The van der Waals surface area contributed by atoms with E-state index in [2.05, 4.69) is 21.3 Å². The van der Waals surface area contributed by atoms with Gasteiger partial charge in [-0.05, 0) is 70.7 Å². The van der Waals surface area contributed by atoms with Crippen LogP contribution in [0.3, 0.4) is 0 Å². The highest BCUT2D eigenvalue weighted by molar-refractivity contribution is 5.82. The highest BCUT2D eigenvalue weighted by atomic mass is 19.4. The highest BCUT2D eigenvalue weighted by Gasteiger charge is 2.43. The molecule has 2 aromatic heterocycles. The molecule has 0 saturated heterocycles. The fraction of sp³-hybridized carbons (Fsp3) is 0.464. The number of benzene rings is 1. The molecule has 0 unspecified atom stereocenters. The Morgan fingerprint density at radius 2 is 1.80 bits per heavy atom. The van der Waals surface area contributed by atoms with Crippen LogP contribution < -0.4 is 20.9 Å². The van der Waals surface area contributed by atoms with Crippen molar-refractivity contribution in [3.63, 3.8) is 0 Å². The summed E-state index contributed by atoms with van der Waals surface area (Å²) in [5.74, 6) is -0.711. The van der Waals surface area contributed by atoms with Crippen LogP contribution in [0.4, 0.5) is 29.2 Å². The molecule has 2 heterocycles. The average Bonchev–Trinajstić information content (AvgIpc) is 3.35. The van der Waals surface area contributed by atoms with E-state index in [0.29, 0.717) is 49.7 Å². The number of rotatable bonds is 8. The van der Waals surface area contributed by atoms with E-state index in [-0.39, 0.29) is 11.4 Å². The number of halogens is 4. The second-order valence-electron chi connectivity index (χ2n) is 11.0. The summed E-state index contributed by atoms with van der Waals surface area (Å²) >= 11 is 0. The Morgan fingerprint density at radius 1 is 1.10 bits per heavy atom. The molecule has 3 aromatic rings. The molecule has 0 bridgehead atoms. The van der Waals surface area contributed by atoms with Crippen molar-refractivity contribution in [3.8, 4) is 5.75 Å². The van der Waals surface area contributed by atoms with Gasteiger partial charge in [0, 0.05) is 25.2 Å². The number of carbonyl (C=O) groups is 1. The topological polar surface area (TPSA) is 93.1 Å². The molecule has 0 spiro atoms. The molecule has 4 rings (SSSR count). The van der Waals surface area contributed by atoms with Gasteiger partial charge in [0.2, 0.25) is 5.91 Å². The predicted molar refractivity (Wildman–Crippen MR) is 142 cm³/mol. The fourth-order valence-electron chi connectivity index (χ4n) is 5.05. The maximum atomic E-state index is 14.5. The van der Waals surface area contributed by atoms with Gasteiger partial charge in [-0.15, -0.1) is 0 Å². The van der Waals surface area contributed by atoms with E-state index in [0.717, 1.165) is 11.9 Å². The van der Waals surface area contributed by atoms with Gasteiger partial charge in [0.25, 0.3) is 0 Å². The van der Waals surface area contributed by atoms with Gasteiger partial charge >= 0.3 is 6.18 Å². The van der Waals surface area contributed by atoms with Crippen LogP contribution in [0.1, 0.15) is 57.7 Å². The van der Waals surface area contributed by atoms with Gasteiger partial charge in [0.1, 0.15) is 11.6 Å². The van der Waals surface area contributed by atoms with Crippen LogP contribution in [0.15, 0.2) is 48.7 Å². The SMILES string of the molecule is CNNC(=O)[C@]1(Cc2cccc(Nc3ccnn3C(C)(C)C)n2)CC[C@@H](Oc2cccc(C(F)(F)F)c2F)CC1. The standard InChI is InChI=1S/C28H34F4N6O2/c1-26(2,3)38-23(13-16-34-38)36-22-10-5-7-18(35-22)17-27(25(39)37-33-4)14-11-19(12-15-27)40-21-9-6-8-20(24(21)29)28(30,31)32/h5-10,13,16,19,33H,11-12,14-15,17H2,1-4H3,(H,35,36)(H,37,39)/t19-,27-. The molecular weight excluding hydrogens is 528 g/mol. The summed E-state index contributed by atoms with van der Waals surface area (Å²) in [5, 5.41) is 7.69. The Labute approximate surface area is 230 Å². The van der Waals surface area contributed by atoms with E-state index in [1.165, 1.54) is 6.07 Å². The minimum absolute atomic E-state index is 0.218. The van der Waals surface area contributed by atoms with Gasteiger partial charge in [-0.3, -0.25) is 10.2 Å². The molecular formula is C28H34F4N6O2. The predicted octanol–water partition coefficient (Wildman–Crippen LogP) is 5.74. The quantitative estimate of drug-likeness (QED) is 0.240. The summed E-state index contributed by atoms with van der Waals surface area (Å²) in [6.45, 7) is 6.13. The van der Waals surface area contributed by atoms with Gasteiger partial charge in [0.15, 0.2) is 11.6 Å². The van der Waals surface area contributed by atoms with Crippen LogP contribution in [0.2, 0.25) is 0 Å². The number of pyridine rings is 1. The summed E-state index contributed by atoms with van der Waals surface area (Å²) in [6, 6.07) is 10.4. The molecule has 3 N–H and O–H groups in total. The van der Waals surface area contributed by atoms with Crippen molar-refractivity contribution in [3.05, 3.63) is 65.7 Å². The zero-order chi connectivity index (χ0) is 29.1. The van der Waals surface area contributed by atoms with Crippen molar-refractivity contribution < 1.29 is 27.1 Å². The number of carbonyl (C=O) groups excluding carboxylic acids is 1. The highest BCUT2D eigenvalue weighted by Crippen LogP contribution is 2.42. The van der Waals surface area contributed by atoms with Crippen molar-refractivity contribution in [2.45, 2.75) is 70.7 Å². The molecule has 1 amide bonds. The van der Waals surface area contributed by atoms with Gasteiger partial charge < -0.3 is 10.1 Å². The van der Waals surface area contributed by atoms with E-state index in [9.17, 15) is 22.4 Å². The van der Waals surface area contributed by atoms with Crippen LogP contribution in [-0.2, 0) is 22.9 Å². The van der Waals surface area contributed by atoms with E-state index in [1.807, 2.05) is 49.7 Å².